The Morgan fingerprint density at radius 1 is 1.37 bits per heavy atom. The van der Waals surface area contributed by atoms with Crippen molar-refractivity contribution in [3.63, 3.8) is 0 Å². The highest BCUT2D eigenvalue weighted by Crippen LogP contribution is 2.10. The fourth-order valence-electron chi connectivity index (χ4n) is 2.41. The minimum atomic E-state index is -2.78. The second-order valence-corrected chi connectivity index (χ2v) is 7.97. The van der Waals surface area contributed by atoms with Crippen LogP contribution in [0.4, 0.5) is 0 Å². The van der Waals surface area contributed by atoms with Crippen LogP contribution in [-0.4, -0.2) is 70.8 Å². The van der Waals surface area contributed by atoms with Gasteiger partial charge in [0, 0.05) is 39.3 Å². The van der Waals surface area contributed by atoms with Gasteiger partial charge in [-0.05, 0) is 12.3 Å². The Labute approximate surface area is 117 Å². The molecular weight excluding hydrogens is 264 g/mol. The van der Waals surface area contributed by atoms with Gasteiger partial charge < -0.3 is 10.1 Å². The van der Waals surface area contributed by atoms with E-state index in [4.69, 9.17) is 4.74 Å². The minimum absolute atomic E-state index is 0.147. The maximum absolute atomic E-state index is 11.4. The first-order valence-electron chi connectivity index (χ1n) is 7.08. The van der Waals surface area contributed by atoms with Gasteiger partial charge in [-0.25, -0.2) is 8.42 Å². The lowest BCUT2D eigenvalue weighted by Crippen LogP contribution is -2.40. The summed E-state index contributed by atoms with van der Waals surface area (Å²) in [4.78, 5) is 2.37. The largest absolute Gasteiger partial charge is 0.383 e. The molecule has 1 fully saturated rings. The van der Waals surface area contributed by atoms with Gasteiger partial charge in [0.25, 0.3) is 0 Å². The van der Waals surface area contributed by atoms with Crippen LogP contribution in [0.25, 0.3) is 0 Å². The summed E-state index contributed by atoms with van der Waals surface area (Å²) in [5.74, 6) is 1.27. The lowest BCUT2D eigenvalue weighted by molar-refractivity contribution is 0.140. The molecule has 1 saturated heterocycles. The molecule has 0 aromatic heterocycles. The second-order valence-electron chi connectivity index (χ2n) is 5.74. The molecule has 0 radical (unpaired) electrons. The summed E-state index contributed by atoms with van der Waals surface area (Å²) in [6, 6.07) is 0.147. The third-order valence-electron chi connectivity index (χ3n) is 3.33. The normalized spacial score (nSPS) is 22.5. The van der Waals surface area contributed by atoms with E-state index in [-0.39, 0.29) is 6.04 Å². The van der Waals surface area contributed by atoms with Crippen LogP contribution in [0, 0.1) is 5.92 Å². The number of nitrogens with zero attached hydrogens (tertiary/aromatic N) is 1. The van der Waals surface area contributed by atoms with Crippen LogP contribution in [0.5, 0.6) is 0 Å². The van der Waals surface area contributed by atoms with Crippen LogP contribution in [-0.2, 0) is 14.6 Å². The molecule has 1 unspecified atom stereocenters. The summed E-state index contributed by atoms with van der Waals surface area (Å²) < 4.78 is 27.8. The maximum Gasteiger partial charge on any atom is 0.151 e. The number of ether oxygens (including phenoxy) is 1. The number of hydrogen-bond donors (Lipinski definition) is 1. The molecule has 6 heteroatoms. The number of nitrogens with one attached hydrogen (secondary N) is 1. The van der Waals surface area contributed by atoms with Gasteiger partial charge in [-0.1, -0.05) is 13.8 Å². The zero-order valence-electron chi connectivity index (χ0n) is 12.4. The van der Waals surface area contributed by atoms with Crippen molar-refractivity contribution in [2.75, 3.05) is 51.4 Å². The van der Waals surface area contributed by atoms with Crippen LogP contribution in [0.1, 0.15) is 20.3 Å². The molecule has 0 aliphatic carbocycles. The third kappa shape index (κ3) is 7.25. The first kappa shape index (κ1) is 16.9. The lowest BCUT2D eigenvalue weighted by Gasteiger charge is -2.24. The topological polar surface area (TPSA) is 58.6 Å². The molecule has 0 bridgehead atoms. The Bertz CT molecular complexity index is 344. The van der Waals surface area contributed by atoms with Crippen LogP contribution < -0.4 is 5.32 Å². The van der Waals surface area contributed by atoms with Crippen molar-refractivity contribution in [1.82, 2.24) is 10.2 Å². The van der Waals surface area contributed by atoms with Crippen molar-refractivity contribution in [3.05, 3.63) is 0 Å². The van der Waals surface area contributed by atoms with Crippen LogP contribution in [0.2, 0.25) is 0 Å². The van der Waals surface area contributed by atoms with E-state index >= 15 is 0 Å². The Morgan fingerprint density at radius 2 is 2.11 bits per heavy atom. The molecule has 1 atom stereocenters. The highest BCUT2D eigenvalue weighted by atomic mass is 32.2. The van der Waals surface area contributed by atoms with Crippen LogP contribution in [0.15, 0.2) is 0 Å². The van der Waals surface area contributed by atoms with Crippen molar-refractivity contribution in [1.29, 1.82) is 0 Å². The van der Waals surface area contributed by atoms with E-state index in [1.54, 1.807) is 7.11 Å². The Balaban J connectivity index is 2.23. The van der Waals surface area contributed by atoms with E-state index in [1.165, 1.54) is 0 Å². The predicted molar refractivity (Wildman–Crippen MR) is 78.2 cm³/mol. The molecule has 1 rings (SSSR count). The fourth-order valence-corrected chi connectivity index (χ4v) is 4.12. The van der Waals surface area contributed by atoms with Crippen LogP contribution in [0.3, 0.4) is 0 Å². The first-order chi connectivity index (χ1) is 8.93. The maximum atomic E-state index is 11.4. The number of rotatable bonds is 9. The summed E-state index contributed by atoms with van der Waals surface area (Å²) in [7, 11) is -1.06. The van der Waals surface area contributed by atoms with Gasteiger partial charge in [0.15, 0.2) is 9.84 Å². The van der Waals surface area contributed by atoms with Gasteiger partial charge in [0.05, 0.1) is 18.1 Å². The highest BCUT2D eigenvalue weighted by molar-refractivity contribution is 7.91. The zero-order chi connectivity index (χ0) is 14.3. The van der Waals surface area contributed by atoms with E-state index in [0.717, 1.165) is 39.2 Å². The molecule has 0 amide bonds. The lowest BCUT2D eigenvalue weighted by atomic mass is 10.2. The number of hydrogen-bond acceptors (Lipinski definition) is 5. The molecule has 1 N–H and O–H groups in total. The molecule has 114 valence electrons. The van der Waals surface area contributed by atoms with Gasteiger partial charge >= 0.3 is 0 Å². The Kier molecular flexibility index (Phi) is 7.28. The van der Waals surface area contributed by atoms with Crippen molar-refractivity contribution in [3.8, 4) is 0 Å². The molecule has 1 aliphatic heterocycles. The van der Waals surface area contributed by atoms with Gasteiger partial charge in [0.1, 0.15) is 0 Å². The van der Waals surface area contributed by atoms with Crippen molar-refractivity contribution in [2.24, 2.45) is 5.92 Å². The zero-order valence-corrected chi connectivity index (χ0v) is 13.2. The number of methoxy groups -OCH3 is 1. The minimum Gasteiger partial charge on any atom is -0.383 e. The third-order valence-corrected chi connectivity index (χ3v) is 5.10. The summed E-state index contributed by atoms with van der Waals surface area (Å²) in [6.45, 7) is 8.92. The van der Waals surface area contributed by atoms with Crippen molar-refractivity contribution >= 4 is 9.84 Å². The quantitative estimate of drug-likeness (QED) is 0.665. The number of sulfone groups is 1. The molecule has 0 spiro atoms. The van der Waals surface area contributed by atoms with Gasteiger partial charge in [0.2, 0.25) is 0 Å². The highest BCUT2D eigenvalue weighted by Gasteiger charge is 2.27. The summed E-state index contributed by atoms with van der Waals surface area (Å²) in [6.07, 6.45) is 0.755. The van der Waals surface area contributed by atoms with Crippen LogP contribution >= 0.6 is 0 Å². The van der Waals surface area contributed by atoms with E-state index in [9.17, 15) is 8.42 Å². The molecule has 0 aromatic rings. The van der Waals surface area contributed by atoms with E-state index in [2.05, 4.69) is 24.1 Å². The van der Waals surface area contributed by atoms with Crippen molar-refractivity contribution in [2.45, 2.75) is 26.3 Å². The smallest absolute Gasteiger partial charge is 0.151 e. The van der Waals surface area contributed by atoms with Gasteiger partial charge in [-0.3, -0.25) is 4.90 Å². The average molecular weight is 292 g/mol. The summed E-state index contributed by atoms with van der Waals surface area (Å²) in [5.41, 5.74) is 0. The molecule has 0 aromatic carbocycles. The monoisotopic (exact) mass is 292 g/mol. The standard InChI is InChI=1S/C13H28N2O3S/c1-12(2)10-15(7-8-18-3)6-5-14-13-4-9-19(16,17)11-13/h12-14H,4-11H2,1-3H3. The molecule has 19 heavy (non-hydrogen) atoms. The average Bonchev–Trinajstić information content (AvgIpc) is 2.65. The molecule has 5 nitrogen and oxygen atoms in total. The van der Waals surface area contributed by atoms with Gasteiger partial charge in [-0.15, -0.1) is 0 Å². The van der Waals surface area contributed by atoms with E-state index in [0.29, 0.717) is 17.4 Å². The summed E-state index contributed by atoms with van der Waals surface area (Å²) in [5, 5.41) is 3.36. The molecule has 0 saturated carbocycles. The Morgan fingerprint density at radius 3 is 2.63 bits per heavy atom. The fraction of sp³-hybridized carbons (Fsp3) is 1.00. The molecule has 1 aliphatic rings. The second kappa shape index (κ2) is 8.19. The van der Waals surface area contributed by atoms with E-state index < -0.39 is 9.84 Å². The Hall–Kier alpha value is -0.170. The molecular formula is C13H28N2O3S. The van der Waals surface area contributed by atoms with Crippen molar-refractivity contribution < 1.29 is 13.2 Å². The molecule has 1 heterocycles. The first-order valence-corrected chi connectivity index (χ1v) is 8.90. The van der Waals surface area contributed by atoms with E-state index in [1.807, 2.05) is 0 Å². The summed E-state index contributed by atoms with van der Waals surface area (Å²) >= 11 is 0. The van der Waals surface area contributed by atoms with Gasteiger partial charge in [-0.2, -0.15) is 0 Å². The predicted octanol–water partition coefficient (Wildman–Crippen LogP) is 0.368. The SMILES string of the molecule is COCCN(CCNC1CCS(=O)(=O)C1)CC(C)C.